The lowest BCUT2D eigenvalue weighted by Gasteiger charge is -2.29. The van der Waals surface area contributed by atoms with E-state index in [-0.39, 0.29) is 17.7 Å². The fourth-order valence-electron chi connectivity index (χ4n) is 3.67. The third-order valence-electron chi connectivity index (χ3n) is 4.95. The molecule has 0 spiro atoms. The third kappa shape index (κ3) is 3.18. The highest BCUT2D eigenvalue weighted by molar-refractivity contribution is 6.01. The highest BCUT2D eigenvalue weighted by Gasteiger charge is 2.37. The maximum absolute atomic E-state index is 12.9. The fraction of sp³-hybridized carbons (Fsp3) is 0.286. The molecule has 0 unspecified atom stereocenters. The Bertz CT molecular complexity index is 975. The summed E-state index contributed by atoms with van der Waals surface area (Å²) < 4.78 is 0. The summed E-state index contributed by atoms with van der Waals surface area (Å²) in [5, 5.41) is 2.94. The molecule has 6 heteroatoms. The van der Waals surface area contributed by atoms with Crippen LogP contribution < -0.4 is 5.32 Å². The highest BCUT2D eigenvalue weighted by atomic mass is 16.2. The van der Waals surface area contributed by atoms with E-state index in [0.717, 1.165) is 16.6 Å². The first-order valence-electron chi connectivity index (χ1n) is 9.15. The van der Waals surface area contributed by atoms with Crippen LogP contribution in [-0.4, -0.2) is 32.7 Å². The van der Waals surface area contributed by atoms with Crippen LogP contribution in [0.3, 0.4) is 0 Å². The van der Waals surface area contributed by atoms with E-state index in [0.29, 0.717) is 24.5 Å². The van der Waals surface area contributed by atoms with E-state index in [2.05, 4.69) is 15.3 Å². The number of nitrogens with one attached hydrogen (secondary N) is 2. The molecule has 4 rings (SSSR count). The molecule has 1 atom stereocenters. The van der Waals surface area contributed by atoms with Gasteiger partial charge in [-0.25, -0.2) is 4.98 Å². The molecule has 138 valence electrons. The second-order valence-corrected chi connectivity index (χ2v) is 7.20. The van der Waals surface area contributed by atoms with Crippen LogP contribution in [0, 0.1) is 5.92 Å². The molecule has 1 aliphatic rings. The van der Waals surface area contributed by atoms with Gasteiger partial charge < -0.3 is 15.2 Å². The molecule has 0 saturated carbocycles. The Morgan fingerprint density at radius 3 is 2.67 bits per heavy atom. The number of amides is 2. The fourth-order valence-corrected chi connectivity index (χ4v) is 3.67. The predicted molar refractivity (Wildman–Crippen MR) is 103 cm³/mol. The van der Waals surface area contributed by atoms with E-state index in [9.17, 15) is 9.59 Å². The van der Waals surface area contributed by atoms with Crippen molar-refractivity contribution in [3.63, 3.8) is 0 Å². The Labute approximate surface area is 157 Å². The highest BCUT2D eigenvalue weighted by Crippen LogP contribution is 2.27. The predicted octanol–water partition coefficient (Wildman–Crippen LogP) is 2.86. The molecule has 2 heterocycles. The van der Waals surface area contributed by atoms with Crippen molar-refractivity contribution in [1.82, 2.24) is 20.2 Å². The van der Waals surface area contributed by atoms with Crippen LogP contribution in [0.4, 0.5) is 0 Å². The average Bonchev–Trinajstić information content (AvgIpc) is 3.21. The van der Waals surface area contributed by atoms with E-state index < -0.39 is 6.04 Å². The Hall–Kier alpha value is -3.15. The van der Waals surface area contributed by atoms with Gasteiger partial charge in [0.2, 0.25) is 5.91 Å². The Morgan fingerprint density at radius 1 is 1.19 bits per heavy atom. The van der Waals surface area contributed by atoms with Gasteiger partial charge in [-0.2, -0.15) is 0 Å². The molecule has 0 fully saturated rings. The maximum Gasteiger partial charge on any atom is 0.255 e. The van der Waals surface area contributed by atoms with E-state index in [1.54, 1.807) is 4.90 Å². The molecule has 2 amide bonds. The van der Waals surface area contributed by atoms with Crippen LogP contribution in [0.2, 0.25) is 0 Å². The zero-order valence-electron chi connectivity index (χ0n) is 15.4. The van der Waals surface area contributed by atoms with Crippen LogP contribution in [0.15, 0.2) is 48.5 Å². The van der Waals surface area contributed by atoms with Crippen LogP contribution >= 0.6 is 0 Å². The number of carbonyl (C=O) groups excluding carboxylic acids is 2. The second kappa shape index (κ2) is 6.87. The minimum Gasteiger partial charge on any atom is -0.347 e. The standard InChI is InChI=1S/C21H22N4O2/c1-13(2)19(25-12-14-7-3-4-8-15(14)21(25)27)20(26)22-11-18-23-16-9-5-6-10-17(16)24-18/h3-10,13,19H,11-12H2,1-2H3,(H,22,26)(H,23,24)/t19-/m1/s1. The van der Waals surface area contributed by atoms with Crippen molar-refractivity contribution >= 4 is 22.8 Å². The molecule has 1 aliphatic heterocycles. The molecule has 1 aromatic heterocycles. The number of para-hydroxylation sites is 2. The Kier molecular flexibility index (Phi) is 4.39. The minimum absolute atomic E-state index is 0.000986. The van der Waals surface area contributed by atoms with Crippen LogP contribution in [0.5, 0.6) is 0 Å². The summed E-state index contributed by atoms with van der Waals surface area (Å²) in [5.74, 6) is 0.455. The third-order valence-corrected chi connectivity index (χ3v) is 4.95. The van der Waals surface area contributed by atoms with Gasteiger partial charge in [0, 0.05) is 12.1 Å². The molecule has 27 heavy (non-hydrogen) atoms. The number of fused-ring (bicyclic) bond motifs is 2. The molecular weight excluding hydrogens is 340 g/mol. The molecule has 3 aromatic rings. The zero-order valence-corrected chi connectivity index (χ0v) is 15.4. The van der Waals surface area contributed by atoms with E-state index in [1.165, 1.54) is 0 Å². The van der Waals surface area contributed by atoms with Gasteiger partial charge in [-0.15, -0.1) is 0 Å². The van der Waals surface area contributed by atoms with Crippen molar-refractivity contribution in [1.29, 1.82) is 0 Å². The molecule has 2 aromatic carbocycles. The van der Waals surface area contributed by atoms with Crippen LogP contribution in [0.1, 0.15) is 35.6 Å². The summed E-state index contributed by atoms with van der Waals surface area (Å²) in [5.41, 5.74) is 3.46. The molecular formula is C21H22N4O2. The van der Waals surface area contributed by atoms with E-state index >= 15 is 0 Å². The van der Waals surface area contributed by atoms with Gasteiger partial charge >= 0.3 is 0 Å². The number of hydrogen-bond acceptors (Lipinski definition) is 3. The monoisotopic (exact) mass is 362 g/mol. The number of aromatic nitrogens is 2. The molecule has 0 aliphatic carbocycles. The van der Waals surface area contributed by atoms with Crippen LogP contribution in [0.25, 0.3) is 11.0 Å². The van der Waals surface area contributed by atoms with Crippen molar-refractivity contribution in [2.75, 3.05) is 0 Å². The quantitative estimate of drug-likeness (QED) is 0.733. The van der Waals surface area contributed by atoms with Gasteiger partial charge in [0.15, 0.2) is 0 Å². The molecule has 2 N–H and O–H groups in total. The van der Waals surface area contributed by atoms with E-state index in [4.69, 9.17) is 0 Å². The number of H-pyrrole nitrogens is 1. The number of benzene rings is 2. The van der Waals surface area contributed by atoms with Gasteiger partial charge in [0.25, 0.3) is 5.91 Å². The molecule has 6 nitrogen and oxygen atoms in total. The zero-order chi connectivity index (χ0) is 19.0. The first kappa shape index (κ1) is 17.3. The minimum atomic E-state index is -0.519. The van der Waals surface area contributed by atoms with Gasteiger partial charge in [-0.3, -0.25) is 9.59 Å². The summed E-state index contributed by atoms with van der Waals surface area (Å²) >= 11 is 0. The maximum atomic E-state index is 12.9. The van der Waals surface area contributed by atoms with Gasteiger partial charge in [0.05, 0.1) is 17.6 Å². The summed E-state index contributed by atoms with van der Waals surface area (Å²) in [7, 11) is 0. The Balaban J connectivity index is 1.49. The van der Waals surface area contributed by atoms with Crippen LogP contribution in [-0.2, 0) is 17.9 Å². The Morgan fingerprint density at radius 2 is 1.93 bits per heavy atom. The second-order valence-electron chi connectivity index (χ2n) is 7.20. The lowest BCUT2D eigenvalue weighted by Crippen LogP contribution is -2.49. The van der Waals surface area contributed by atoms with E-state index in [1.807, 2.05) is 62.4 Å². The molecule has 0 radical (unpaired) electrons. The smallest absolute Gasteiger partial charge is 0.255 e. The number of hydrogen-bond donors (Lipinski definition) is 2. The van der Waals surface area contributed by atoms with Gasteiger partial charge in [-0.1, -0.05) is 44.2 Å². The number of carbonyl (C=O) groups is 2. The first-order valence-corrected chi connectivity index (χ1v) is 9.15. The largest absolute Gasteiger partial charge is 0.347 e. The van der Waals surface area contributed by atoms with Crippen molar-refractivity contribution in [2.45, 2.75) is 33.0 Å². The van der Waals surface area contributed by atoms with Crippen molar-refractivity contribution in [2.24, 2.45) is 5.92 Å². The van der Waals surface area contributed by atoms with Crippen molar-refractivity contribution < 1.29 is 9.59 Å². The van der Waals surface area contributed by atoms with Crippen molar-refractivity contribution in [3.05, 3.63) is 65.5 Å². The number of imidazole rings is 1. The summed E-state index contributed by atoms with van der Waals surface area (Å²) in [6.07, 6.45) is 0. The lowest BCUT2D eigenvalue weighted by molar-refractivity contribution is -0.127. The summed E-state index contributed by atoms with van der Waals surface area (Å²) in [6.45, 7) is 4.69. The first-order chi connectivity index (χ1) is 13.0. The topological polar surface area (TPSA) is 78.1 Å². The summed E-state index contributed by atoms with van der Waals surface area (Å²) in [6, 6.07) is 14.8. The number of rotatable bonds is 5. The molecule has 0 bridgehead atoms. The molecule has 0 saturated heterocycles. The summed E-state index contributed by atoms with van der Waals surface area (Å²) in [4.78, 5) is 35.0. The average molecular weight is 362 g/mol. The van der Waals surface area contributed by atoms with Crippen molar-refractivity contribution in [3.8, 4) is 0 Å². The normalized spacial score (nSPS) is 14.6. The SMILES string of the molecule is CC(C)[C@H](C(=O)NCc1nc2ccccc2[nH]1)N1Cc2ccccc2C1=O. The van der Waals surface area contributed by atoms with Gasteiger partial charge in [0.1, 0.15) is 11.9 Å². The lowest BCUT2D eigenvalue weighted by atomic mass is 10.0. The van der Waals surface area contributed by atoms with Gasteiger partial charge in [-0.05, 0) is 29.7 Å². The number of nitrogens with zero attached hydrogens (tertiary/aromatic N) is 2. The number of aromatic amines is 1.